The molecule has 2 aromatic rings. The van der Waals surface area contributed by atoms with Crippen molar-refractivity contribution in [1.29, 1.82) is 0 Å². The highest BCUT2D eigenvalue weighted by atomic mass is 35.5. The number of halogens is 1. The number of urea groups is 1. The Morgan fingerprint density at radius 2 is 2.00 bits per heavy atom. The maximum Gasteiger partial charge on any atom is 0.319 e. The molecule has 2 amide bonds. The average Bonchev–Trinajstić information content (AvgIpc) is 3.06. The van der Waals surface area contributed by atoms with Crippen molar-refractivity contribution in [1.82, 2.24) is 5.32 Å². The lowest BCUT2D eigenvalue weighted by atomic mass is 9.94. The Labute approximate surface area is 169 Å². The second kappa shape index (κ2) is 7.33. The standard InChI is InChI=1S/C19H23ClN2O5S/c1-19(2,3)28(25,26)17-12(20)7-8-13(15(17)23)21-18(24)22-14-6-4-5-11-9-10-27-16(11)14/h7-10,14,23H,4-6H2,1-3H3,(H2,21,22,24)/t14-/m1/s1. The van der Waals surface area contributed by atoms with Gasteiger partial charge in [-0.15, -0.1) is 0 Å². The normalized spacial score (nSPS) is 17.1. The fourth-order valence-electron chi connectivity index (χ4n) is 3.15. The highest BCUT2D eigenvalue weighted by Crippen LogP contribution is 2.41. The van der Waals surface area contributed by atoms with E-state index in [2.05, 4.69) is 10.6 Å². The predicted octanol–water partition coefficient (Wildman–Crippen LogP) is 4.41. The second-order valence-corrected chi connectivity index (χ2v) is 10.8. The molecule has 0 saturated carbocycles. The molecule has 1 aliphatic rings. The van der Waals surface area contributed by atoms with Gasteiger partial charge in [-0.1, -0.05) is 11.6 Å². The average molecular weight is 427 g/mol. The highest BCUT2D eigenvalue weighted by molar-refractivity contribution is 7.93. The summed E-state index contributed by atoms with van der Waals surface area (Å²) in [6.45, 7) is 4.53. The van der Waals surface area contributed by atoms with E-state index in [1.165, 1.54) is 32.9 Å². The van der Waals surface area contributed by atoms with Crippen LogP contribution in [0.5, 0.6) is 5.75 Å². The Balaban J connectivity index is 1.84. The molecule has 28 heavy (non-hydrogen) atoms. The first-order valence-corrected chi connectivity index (χ1v) is 10.8. The Morgan fingerprint density at radius 3 is 2.68 bits per heavy atom. The topological polar surface area (TPSA) is 109 Å². The molecule has 0 fully saturated rings. The SMILES string of the molecule is CC(C)(C)S(=O)(=O)c1c(Cl)ccc(NC(=O)N[C@@H]2CCCc3ccoc32)c1O. The third kappa shape index (κ3) is 3.71. The van der Waals surface area contributed by atoms with E-state index in [0.29, 0.717) is 0 Å². The number of hydrogen-bond acceptors (Lipinski definition) is 5. The molecule has 9 heteroatoms. The Kier molecular flexibility index (Phi) is 5.38. The summed E-state index contributed by atoms with van der Waals surface area (Å²) in [6, 6.07) is 3.71. The number of phenols is 1. The minimum atomic E-state index is -3.92. The van der Waals surface area contributed by atoms with Gasteiger partial charge in [0.25, 0.3) is 0 Å². The minimum absolute atomic E-state index is 0.0415. The third-order valence-corrected chi connectivity index (χ3v) is 7.74. The van der Waals surface area contributed by atoms with Crippen LogP contribution in [-0.2, 0) is 16.3 Å². The number of benzene rings is 1. The van der Waals surface area contributed by atoms with E-state index >= 15 is 0 Å². The van der Waals surface area contributed by atoms with Crippen LogP contribution in [0.2, 0.25) is 5.02 Å². The smallest absolute Gasteiger partial charge is 0.319 e. The van der Waals surface area contributed by atoms with Gasteiger partial charge in [0.2, 0.25) is 0 Å². The number of anilines is 1. The van der Waals surface area contributed by atoms with E-state index in [1.54, 1.807) is 6.26 Å². The molecule has 3 N–H and O–H groups in total. The predicted molar refractivity (Wildman–Crippen MR) is 107 cm³/mol. The van der Waals surface area contributed by atoms with Gasteiger partial charge in [0.1, 0.15) is 10.7 Å². The largest absolute Gasteiger partial charge is 0.504 e. The van der Waals surface area contributed by atoms with Crippen LogP contribution in [0.15, 0.2) is 33.8 Å². The van der Waals surface area contributed by atoms with Crippen LogP contribution in [0.1, 0.15) is 51.0 Å². The summed E-state index contributed by atoms with van der Waals surface area (Å²) in [4.78, 5) is 12.1. The van der Waals surface area contributed by atoms with E-state index in [-0.39, 0.29) is 16.8 Å². The zero-order chi connectivity index (χ0) is 20.7. The number of amides is 2. The molecule has 1 heterocycles. The van der Waals surface area contributed by atoms with Crippen LogP contribution >= 0.6 is 11.6 Å². The van der Waals surface area contributed by atoms with Gasteiger partial charge in [0.15, 0.2) is 15.6 Å². The van der Waals surface area contributed by atoms with Crippen molar-refractivity contribution in [2.75, 3.05) is 5.32 Å². The van der Waals surface area contributed by atoms with Gasteiger partial charge < -0.3 is 20.2 Å². The zero-order valence-corrected chi connectivity index (χ0v) is 17.4. The van der Waals surface area contributed by atoms with Gasteiger partial charge in [-0.05, 0) is 63.8 Å². The van der Waals surface area contributed by atoms with Crippen molar-refractivity contribution in [3.8, 4) is 5.75 Å². The fraction of sp³-hybridized carbons (Fsp3) is 0.421. The number of nitrogens with one attached hydrogen (secondary N) is 2. The summed E-state index contributed by atoms with van der Waals surface area (Å²) in [5.41, 5.74) is 1.02. The molecule has 0 bridgehead atoms. The Bertz CT molecular complexity index is 1010. The van der Waals surface area contributed by atoms with Crippen molar-refractivity contribution in [2.24, 2.45) is 0 Å². The molecule has 1 atom stereocenters. The van der Waals surface area contributed by atoms with Gasteiger partial charge in [-0.3, -0.25) is 0 Å². The summed E-state index contributed by atoms with van der Waals surface area (Å²) in [5.74, 6) is 0.137. The van der Waals surface area contributed by atoms with Crippen LogP contribution in [0.4, 0.5) is 10.5 Å². The molecule has 0 aliphatic heterocycles. The van der Waals surface area contributed by atoms with Crippen molar-refractivity contribution >= 4 is 33.2 Å². The summed E-state index contributed by atoms with van der Waals surface area (Å²) in [7, 11) is -3.92. The zero-order valence-electron chi connectivity index (χ0n) is 15.9. The first kappa shape index (κ1) is 20.5. The molecular formula is C19H23ClN2O5S. The first-order valence-electron chi connectivity index (χ1n) is 8.92. The number of aromatic hydroxyl groups is 1. The highest BCUT2D eigenvalue weighted by Gasteiger charge is 2.36. The van der Waals surface area contributed by atoms with E-state index in [0.717, 1.165) is 30.6 Å². The van der Waals surface area contributed by atoms with Crippen molar-refractivity contribution in [2.45, 2.75) is 55.7 Å². The number of sulfone groups is 1. The summed E-state index contributed by atoms with van der Waals surface area (Å²) in [5, 5.41) is 15.7. The van der Waals surface area contributed by atoms with Gasteiger partial charge in [-0.2, -0.15) is 0 Å². The third-order valence-electron chi connectivity index (χ3n) is 4.75. The van der Waals surface area contributed by atoms with E-state index in [1.807, 2.05) is 6.07 Å². The number of carbonyl (C=O) groups excluding carboxylic acids is 1. The summed E-state index contributed by atoms with van der Waals surface area (Å²) >= 11 is 6.05. The van der Waals surface area contributed by atoms with Gasteiger partial charge in [0, 0.05) is 0 Å². The molecule has 152 valence electrons. The number of carbonyl (C=O) groups is 1. The van der Waals surface area contributed by atoms with Crippen LogP contribution in [0.3, 0.4) is 0 Å². The van der Waals surface area contributed by atoms with Crippen LogP contribution in [0.25, 0.3) is 0 Å². The molecule has 0 radical (unpaired) electrons. The van der Waals surface area contributed by atoms with Gasteiger partial charge in [-0.25, -0.2) is 13.2 Å². The summed E-state index contributed by atoms with van der Waals surface area (Å²) < 4.78 is 29.8. The number of phenolic OH excluding ortho intramolecular Hbond substituents is 1. The van der Waals surface area contributed by atoms with Crippen LogP contribution in [-0.4, -0.2) is 24.3 Å². The summed E-state index contributed by atoms with van der Waals surface area (Å²) in [6.07, 6.45) is 4.14. The second-order valence-electron chi connectivity index (χ2n) is 7.74. The molecule has 7 nitrogen and oxygen atoms in total. The molecule has 1 aromatic heterocycles. The van der Waals surface area contributed by atoms with Crippen LogP contribution in [0, 0.1) is 0 Å². The molecule has 3 rings (SSSR count). The number of aryl methyl sites for hydroxylation is 1. The fourth-order valence-corrected chi connectivity index (χ4v) is 4.91. The monoisotopic (exact) mass is 426 g/mol. The number of rotatable bonds is 3. The van der Waals surface area contributed by atoms with E-state index in [9.17, 15) is 18.3 Å². The van der Waals surface area contributed by atoms with Crippen molar-refractivity contribution in [3.63, 3.8) is 0 Å². The number of hydrogen-bond donors (Lipinski definition) is 3. The molecule has 0 spiro atoms. The van der Waals surface area contributed by atoms with E-state index < -0.39 is 31.3 Å². The van der Waals surface area contributed by atoms with E-state index in [4.69, 9.17) is 16.0 Å². The van der Waals surface area contributed by atoms with Crippen molar-refractivity contribution < 1.29 is 22.7 Å². The molecule has 1 aliphatic carbocycles. The Hall–Kier alpha value is -2.19. The molecule has 0 saturated heterocycles. The lowest BCUT2D eigenvalue weighted by molar-refractivity contribution is 0.244. The lowest BCUT2D eigenvalue weighted by Gasteiger charge is -2.23. The minimum Gasteiger partial charge on any atom is -0.504 e. The lowest BCUT2D eigenvalue weighted by Crippen LogP contribution is -2.34. The maximum atomic E-state index is 12.8. The first-order chi connectivity index (χ1) is 13.0. The van der Waals surface area contributed by atoms with Gasteiger partial charge in [0.05, 0.1) is 27.8 Å². The molecule has 1 aromatic carbocycles. The van der Waals surface area contributed by atoms with Crippen molar-refractivity contribution in [3.05, 3.63) is 40.8 Å². The number of furan rings is 1. The maximum absolute atomic E-state index is 12.8. The van der Waals surface area contributed by atoms with Crippen LogP contribution < -0.4 is 10.6 Å². The molecule has 0 unspecified atom stereocenters. The quantitative estimate of drug-likeness (QED) is 0.630. The number of fused-ring (bicyclic) bond motifs is 1. The molecular weight excluding hydrogens is 404 g/mol. The van der Waals surface area contributed by atoms with Gasteiger partial charge >= 0.3 is 6.03 Å². The Morgan fingerprint density at radius 1 is 1.29 bits per heavy atom.